The van der Waals surface area contributed by atoms with Crippen LogP contribution in [0, 0.1) is 25.2 Å². The number of Topliss-reactive ketones (excluding diaryl/α,β-unsaturated/α-hetero) is 2. The Morgan fingerprint density at radius 2 is 1.66 bits per heavy atom. The van der Waals surface area contributed by atoms with Crippen LogP contribution >= 0.6 is 0 Å². The van der Waals surface area contributed by atoms with Crippen LogP contribution in [0.5, 0.6) is 0 Å². The van der Waals surface area contributed by atoms with Crippen molar-refractivity contribution in [2.75, 3.05) is 13.1 Å². The van der Waals surface area contributed by atoms with Crippen LogP contribution in [-0.4, -0.2) is 52.5 Å². The number of hydrogen-bond acceptors (Lipinski definition) is 5. The number of H-pyrrole nitrogens is 1. The molecule has 29 heavy (non-hydrogen) atoms. The summed E-state index contributed by atoms with van der Waals surface area (Å²) in [5, 5.41) is 0. The lowest BCUT2D eigenvalue weighted by atomic mass is 9.91. The third-order valence-corrected chi connectivity index (χ3v) is 5.46. The zero-order valence-electron chi connectivity index (χ0n) is 18.5. The first-order valence-electron chi connectivity index (χ1n) is 10.1. The van der Waals surface area contributed by atoms with Crippen LogP contribution in [0.25, 0.3) is 0 Å². The number of ketones is 2. The van der Waals surface area contributed by atoms with E-state index in [4.69, 9.17) is 4.74 Å². The first-order valence-corrected chi connectivity index (χ1v) is 10.1. The maximum absolute atomic E-state index is 12.8. The summed E-state index contributed by atoms with van der Waals surface area (Å²) in [6.07, 6.45) is 0.0983. The van der Waals surface area contributed by atoms with Gasteiger partial charge in [-0.15, -0.1) is 0 Å². The third-order valence-electron chi connectivity index (χ3n) is 5.46. The Balaban J connectivity index is 1.98. The van der Waals surface area contributed by atoms with Crippen LogP contribution in [0.1, 0.15) is 79.6 Å². The molecule has 160 valence electrons. The number of nitrogens with zero attached hydrogens (tertiary/aromatic N) is 1. The zero-order chi connectivity index (χ0) is 22.1. The molecule has 0 spiro atoms. The molecule has 1 amide bonds. The number of aryl methyl sites for hydroxylation is 1. The van der Waals surface area contributed by atoms with Gasteiger partial charge in [-0.25, -0.2) is 0 Å². The summed E-state index contributed by atoms with van der Waals surface area (Å²) in [5.74, 6) is -1.13. The van der Waals surface area contributed by atoms with E-state index < -0.39 is 17.5 Å². The van der Waals surface area contributed by atoms with E-state index in [0.717, 1.165) is 0 Å². The summed E-state index contributed by atoms with van der Waals surface area (Å²) in [5.41, 5.74) is 1.57. The number of carbonyl (C=O) groups excluding carboxylic acids is 4. The third kappa shape index (κ3) is 4.95. The molecule has 0 unspecified atom stereocenters. The molecule has 0 aromatic carbocycles. The van der Waals surface area contributed by atoms with Gasteiger partial charge in [0, 0.05) is 29.8 Å². The van der Waals surface area contributed by atoms with E-state index in [9.17, 15) is 19.2 Å². The predicted molar refractivity (Wildman–Crippen MR) is 109 cm³/mol. The molecule has 1 saturated heterocycles. The smallest absolute Gasteiger partial charge is 0.309 e. The van der Waals surface area contributed by atoms with Crippen LogP contribution in [0.15, 0.2) is 0 Å². The molecule has 2 heterocycles. The number of rotatable bonds is 5. The van der Waals surface area contributed by atoms with Crippen LogP contribution in [0.3, 0.4) is 0 Å². The summed E-state index contributed by atoms with van der Waals surface area (Å²) >= 11 is 0. The fourth-order valence-electron chi connectivity index (χ4n) is 3.84. The van der Waals surface area contributed by atoms with Crippen LogP contribution in [0.4, 0.5) is 0 Å². The number of esters is 1. The molecule has 1 aliphatic rings. The van der Waals surface area contributed by atoms with Crippen molar-refractivity contribution in [2.24, 2.45) is 11.3 Å². The SMILES string of the molecule is CC(=O)c1c(C)[nH]c(C(=O)[C@@H](C)OC(=O)C2CCN(C(=O)C(C)(C)C)CC2)c1C. The molecule has 2 rings (SSSR count). The van der Waals surface area contributed by atoms with Crippen LogP contribution in [-0.2, 0) is 14.3 Å². The summed E-state index contributed by atoms with van der Waals surface area (Å²) in [6.45, 7) is 13.1. The van der Waals surface area contributed by atoms with Crippen molar-refractivity contribution in [2.45, 2.75) is 67.4 Å². The molecule has 1 aromatic heterocycles. The molecular weight excluding hydrogens is 372 g/mol. The number of amides is 1. The van der Waals surface area contributed by atoms with Gasteiger partial charge in [0.25, 0.3) is 0 Å². The number of likely N-dealkylation sites (tertiary alicyclic amines) is 1. The second kappa shape index (κ2) is 8.51. The van der Waals surface area contributed by atoms with Crippen LogP contribution in [0.2, 0.25) is 0 Å². The van der Waals surface area contributed by atoms with Gasteiger partial charge in [-0.1, -0.05) is 20.8 Å². The fourth-order valence-corrected chi connectivity index (χ4v) is 3.84. The highest BCUT2D eigenvalue weighted by Crippen LogP contribution is 2.25. The molecule has 1 fully saturated rings. The monoisotopic (exact) mass is 404 g/mol. The molecule has 1 aliphatic heterocycles. The van der Waals surface area contributed by atoms with E-state index in [1.165, 1.54) is 6.92 Å². The normalized spacial score (nSPS) is 16.4. The molecule has 0 bridgehead atoms. The Bertz CT molecular complexity index is 823. The number of hydrogen-bond donors (Lipinski definition) is 1. The Labute approximate surface area is 172 Å². The molecular formula is C22H32N2O5. The molecule has 1 atom stereocenters. The van der Waals surface area contributed by atoms with E-state index in [2.05, 4.69) is 4.98 Å². The average Bonchev–Trinajstić information content (AvgIpc) is 2.93. The van der Waals surface area contributed by atoms with Gasteiger partial charge in [0.15, 0.2) is 11.9 Å². The highest BCUT2D eigenvalue weighted by molar-refractivity contribution is 6.05. The molecule has 7 heteroatoms. The van der Waals surface area contributed by atoms with E-state index in [-0.39, 0.29) is 23.4 Å². The number of aromatic amines is 1. The average molecular weight is 405 g/mol. The molecule has 7 nitrogen and oxygen atoms in total. The van der Waals surface area contributed by atoms with E-state index in [1.54, 1.807) is 25.7 Å². The highest BCUT2D eigenvalue weighted by Gasteiger charge is 2.34. The second-order valence-corrected chi connectivity index (χ2v) is 8.94. The molecule has 1 aromatic rings. The van der Waals surface area contributed by atoms with Crippen molar-refractivity contribution in [3.63, 3.8) is 0 Å². The number of aromatic nitrogens is 1. The van der Waals surface area contributed by atoms with Crippen LogP contribution < -0.4 is 0 Å². The Hall–Kier alpha value is -2.44. The fraction of sp³-hybridized carbons (Fsp3) is 0.636. The first kappa shape index (κ1) is 22.8. The van der Waals surface area contributed by atoms with Gasteiger partial charge in [0.1, 0.15) is 0 Å². The lowest BCUT2D eigenvalue weighted by Gasteiger charge is -2.35. The Morgan fingerprint density at radius 3 is 2.10 bits per heavy atom. The van der Waals surface area contributed by atoms with E-state index in [0.29, 0.717) is 48.4 Å². The van der Waals surface area contributed by atoms with Gasteiger partial charge in [-0.3, -0.25) is 19.2 Å². The van der Waals surface area contributed by atoms with Gasteiger partial charge >= 0.3 is 5.97 Å². The van der Waals surface area contributed by atoms with E-state index >= 15 is 0 Å². The molecule has 0 aliphatic carbocycles. The quantitative estimate of drug-likeness (QED) is 0.600. The largest absolute Gasteiger partial charge is 0.454 e. The number of ether oxygens (including phenoxy) is 1. The number of carbonyl (C=O) groups is 4. The van der Waals surface area contributed by atoms with Crippen molar-refractivity contribution in [3.8, 4) is 0 Å². The number of piperidine rings is 1. The lowest BCUT2D eigenvalue weighted by molar-refractivity contribution is -0.155. The zero-order valence-corrected chi connectivity index (χ0v) is 18.5. The van der Waals surface area contributed by atoms with Crippen molar-refractivity contribution in [1.29, 1.82) is 0 Å². The van der Waals surface area contributed by atoms with Gasteiger partial charge in [-0.2, -0.15) is 0 Å². The van der Waals surface area contributed by atoms with Crippen molar-refractivity contribution in [1.82, 2.24) is 9.88 Å². The summed E-state index contributed by atoms with van der Waals surface area (Å²) < 4.78 is 5.44. The standard InChI is InChI=1S/C22H32N2O5/c1-12-17(14(3)25)13(2)23-18(12)19(26)15(4)29-20(27)16-8-10-24(11-9-16)21(28)22(5,6)7/h15-16,23H,8-11H2,1-7H3/t15-/m1/s1. The molecule has 0 radical (unpaired) electrons. The lowest BCUT2D eigenvalue weighted by Crippen LogP contribution is -2.45. The molecule has 1 N–H and O–H groups in total. The summed E-state index contributed by atoms with van der Waals surface area (Å²) in [6, 6.07) is 0. The van der Waals surface area contributed by atoms with Crippen molar-refractivity contribution in [3.05, 3.63) is 22.5 Å². The topological polar surface area (TPSA) is 96.5 Å². The minimum Gasteiger partial charge on any atom is -0.454 e. The first-order chi connectivity index (χ1) is 13.3. The predicted octanol–water partition coefficient (Wildman–Crippen LogP) is 3.23. The maximum atomic E-state index is 12.8. The van der Waals surface area contributed by atoms with Gasteiger partial charge < -0.3 is 14.6 Å². The van der Waals surface area contributed by atoms with Gasteiger partial charge in [0.05, 0.1) is 11.6 Å². The second-order valence-electron chi connectivity index (χ2n) is 8.94. The summed E-state index contributed by atoms with van der Waals surface area (Å²) in [7, 11) is 0. The Kier molecular flexibility index (Phi) is 6.71. The van der Waals surface area contributed by atoms with E-state index in [1.807, 2.05) is 20.8 Å². The Morgan fingerprint density at radius 1 is 1.10 bits per heavy atom. The van der Waals surface area contributed by atoms with Crippen molar-refractivity contribution >= 4 is 23.4 Å². The molecule has 0 saturated carbocycles. The van der Waals surface area contributed by atoms with Gasteiger partial charge in [-0.05, 0) is 46.1 Å². The number of nitrogens with one attached hydrogen (secondary N) is 1. The van der Waals surface area contributed by atoms with Crippen molar-refractivity contribution < 1.29 is 23.9 Å². The highest BCUT2D eigenvalue weighted by atomic mass is 16.5. The van der Waals surface area contributed by atoms with Gasteiger partial charge in [0.2, 0.25) is 11.7 Å². The summed E-state index contributed by atoms with van der Waals surface area (Å²) in [4.78, 5) is 54.2. The maximum Gasteiger partial charge on any atom is 0.309 e. The minimum atomic E-state index is -0.951. The minimum absolute atomic E-state index is 0.0757.